The van der Waals surface area contributed by atoms with Gasteiger partial charge in [0.05, 0.1) is 0 Å². The van der Waals surface area contributed by atoms with Crippen molar-refractivity contribution in [1.82, 2.24) is 0 Å². The second kappa shape index (κ2) is 2.55. The highest BCUT2D eigenvalue weighted by atomic mass is 16.3. The largest absolute Gasteiger partial charge is 0.512 e. The van der Waals surface area contributed by atoms with Crippen LogP contribution in [0.15, 0.2) is 18.2 Å². The van der Waals surface area contributed by atoms with Crippen LogP contribution in [0, 0.1) is 0 Å². The van der Waals surface area contributed by atoms with Crippen LogP contribution in [0.5, 0.6) is 5.75 Å². The molecule has 0 radical (unpaired) electrons. The number of phenolic OH excluding ortho intramolecular Hbond substituents is 1. The van der Waals surface area contributed by atoms with Crippen LogP contribution in [0.2, 0.25) is 0 Å². The molecule has 1 aromatic carbocycles. The summed E-state index contributed by atoms with van der Waals surface area (Å²) in [7, 11) is 0. The van der Waals surface area contributed by atoms with E-state index in [1.54, 1.807) is 18.2 Å². The average molecular weight is 162 g/mol. The molecule has 0 heterocycles. The van der Waals surface area contributed by atoms with Crippen LogP contribution in [-0.2, 0) is 0 Å². The van der Waals surface area contributed by atoms with Crippen molar-refractivity contribution in [1.29, 1.82) is 0 Å². The summed E-state index contributed by atoms with van der Waals surface area (Å²) < 4.78 is 0. The summed E-state index contributed by atoms with van der Waals surface area (Å²) in [6.45, 7) is 0. The molecule has 0 amide bonds. The molecule has 0 saturated heterocycles. The number of benzene rings is 1. The number of hydrogen-bond donors (Lipinski definition) is 2. The van der Waals surface area contributed by atoms with Crippen LogP contribution < -0.4 is 10.4 Å². The molecule has 0 fully saturated rings. The maximum Gasteiger partial charge on any atom is 0.116 e. The summed E-state index contributed by atoms with van der Waals surface area (Å²) in [5, 5.41) is 20.4. The fourth-order valence-corrected chi connectivity index (χ4v) is 1.48. The van der Waals surface area contributed by atoms with Gasteiger partial charge < -0.3 is 10.2 Å². The first-order valence-corrected chi connectivity index (χ1v) is 3.99. The Morgan fingerprint density at radius 1 is 1.17 bits per heavy atom. The van der Waals surface area contributed by atoms with Gasteiger partial charge in [0.2, 0.25) is 0 Å². The zero-order valence-corrected chi connectivity index (χ0v) is 6.62. The normalized spacial score (nSPS) is 15.2. The minimum atomic E-state index is 0.250. The van der Waals surface area contributed by atoms with Gasteiger partial charge in [-0.2, -0.15) is 0 Å². The average Bonchev–Trinajstić information content (AvgIpc) is 2.04. The Morgan fingerprint density at radius 3 is 2.83 bits per heavy atom. The third-order valence-electron chi connectivity index (χ3n) is 2.09. The molecule has 0 bridgehead atoms. The zero-order chi connectivity index (χ0) is 8.55. The summed E-state index contributed by atoms with van der Waals surface area (Å²) in [4.78, 5) is 0. The highest BCUT2D eigenvalue weighted by Gasteiger charge is 2.01. The Kier molecular flexibility index (Phi) is 1.54. The van der Waals surface area contributed by atoms with Gasteiger partial charge in [0.1, 0.15) is 11.5 Å². The Balaban J connectivity index is 2.85. The van der Waals surface area contributed by atoms with E-state index in [9.17, 15) is 5.11 Å². The lowest BCUT2D eigenvalue weighted by Crippen LogP contribution is -2.28. The molecular formula is C10H10O2. The SMILES string of the molecule is OC1=c2ccc(O)cc2=CCC1. The monoisotopic (exact) mass is 162 g/mol. The predicted molar refractivity (Wildman–Crippen MR) is 47.1 cm³/mol. The van der Waals surface area contributed by atoms with E-state index in [-0.39, 0.29) is 5.75 Å². The Morgan fingerprint density at radius 2 is 2.00 bits per heavy atom. The summed E-state index contributed by atoms with van der Waals surface area (Å²) >= 11 is 0. The van der Waals surface area contributed by atoms with Gasteiger partial charge in [0, 0.05) is 11.6 Å². The Labute approximate surface area is 70.1 Å². The van der Waals surface area contributed by atoms with Crippen molar-refractivity contribution >= 4 is 11.8 Å². The minimum absolute atomic E-state index is 0.250. The van der Waals surface area contributed by atoms with E-state index in [2.05, 4.69) is 0 Å². The molecule has 2 N–H and O–H groups in total. The topological polar surface area (TPSA) is 40.5 Å². The van der Waals surface area contributed by atoms with Gasteiger partial charge in [-0.05, 0) is 29.8 Å². The first-order valence-electron chi connectivity index (χ1n) is 3.99. The van der Waals surface area contributed by atoms with Crippen molar-refractivity contribution in [2.75, 3.05) is 0 Å². The molecule has 2 nitrogen and oxygen atoms in total. The van der Waals surface area contributed by atoms with Crippen molar-refractivity contribution < 1.29 is 10.2 Å². The molecule has 62 valence electrons. The predicted octanol–water partition coefficient (Wildman–Crippen LogP) is 0.633. The first kappa shape index (κ1) is 7.22. The van der Waals surface area contributed by atoms with Crippen LogP contribution in [0.25, 0.3) is 11.8 Å². The van der Waals surface area contributed by atoms with Gasteiger partial charge in [-0.15, -0.1) is 0 Å². The summed E-state index contributed by atoms with van der Waals surface area (Å²) in [6.07, 6.45) is 3.58. The third-order valence-corrected chi connectivity index (χ3v) is 2.09. The molecule has 0 saturated carbocycles. The van der Waals surface area contributed by atoms with Crippen LogP contribution in [0.1, 0.15) is 12.8 Å². The number of aliphatic hydroxyl groups is 1. The fourth-order valence-electron chi connectivity index (χ4n) is 1.48. The molecule has 0 atom stereocenters. The van der Waals surface area contributed by atoms with Crippen LogP contribution >= 0.6 is 0 Å². The number of aromatic hydroxyl groups is 1. The van der Waals surface area contributed by atoms with Crippen molar-refractivity contribution in [2.24, 2.45) is 0 Å². The molecule has 0 aliphatic heterocycles. The quantitative estimate of drug-likeness (QED) is 0.587. The van der Waals surface area contributed by atoms with E-state index in [0.717, 1.165) is 16.9 Å². The zero-order valence-electron chi connectivity index (χ0n) is 6.62. The highest BCUT2D eigenvalue weighted by Crippen LogP contribution is 2.06. The van der Waals surface area contributed by atoms with Crippen LogP contribution in [0.4, 0.5) is 0 Å². The third kappa shape index (κ3) is 1.05. The second-order valence-corrected chi connectivity index (χ2v) is 2.96. The van der Waals surface area contributed by atoms with Gasteiger partial charge in [0.25, 0.3) is 0 Å². The van der Waals surface area contributed by atoms with Crippen molar-refractivity contribution in [3.63, 3.8) is 0 Å². The maximum absolute atomic E-state index is 9.47. The molecule has 0 unspecified atom stereocenters. The molecule has 1 aliphatic carbocycles. The number of rotatable bonds is 0. The van der Waals surface area contributed by atoms with Gasteiger partial charge in [-0.1, -0.05) is 6.08 Å². The summed E-state index contributed by atoms with van der Waals surface area (Å²) in [5.74, 6) is 0.673. The van der Waals surface area contributed by atoms with Crippen LogP contribution in [-0.4, -0.2) is 10.2 Å². The fraction of sp³-hybridized carbons (Fsp3) is 0.200. The molecule has 2 rings (SSSR count). The number of fused-ring (bicyclic) bond motifs is 1. The van der Waals surface area contributed by atoms with E-state index in [1.165, 1.54) is 0 Å². The van der Waals surface area contributed by atoms with E-state index < -0.39 is 0 Å². The lowest BCUT2D eigenvalue weighted by atomic mass is 10.1. The smallest absolute Gasteiger partial charge is 0.116 e. The minimum Gasteiger partial charge on any atom is -0.512 e. The summed E-state index contributed by atoms with van der Waals surface area (Å²) in [6, 6.07) is 5.01. The van der Waals surface area contributed by atoms with Crippen molar-refractivity contribution in [3.8, 4) is 5.75 Å². The molecule has 12 heavy (non-hydrogen) atoms. The number of phenols is 1. The lowest BCUT2D eigenvalue weighted by molar-refractivity contribution is 0.470. The van der Waals surface area contributed by atoms with Crippen molar-refractivity contribution in [3.05, 3.63) is 28.6 Å². The van der Waals surface area contributed by atoms with E-state index in [4.69, 9.17) is 5.11 Å². The van der Waals surface area contributed by atoms with Gasteiger partial charge >= 0.3 is 0 Å². The second-order valence-electron chi connectivity index (χ2n) is 2.96. The Bertz CT molecular complexity index is 418. The van der Waals surface area contributed by atoms with Crippen LogP contribution in [0.3, 0.4) is 0 Å². The van der Waals surface area contributed by atoms with E-state index in [0.29, 0.717) is 12.2 Å². The number of aliphatic hydroxyl groups excluding tert-OH is 1. The summed E-state index contributed by atoms with van der Waals surface area (Å²) in [5.41, 5.74) is 0. The highest BCUT2D eigenvalue weighted by molar-refractivity contribution is 5.45. The molecule has 0 spiro atoms. The van der Waals surface area contributed by atoms with Crippen molar-refractivity contribution in [2.45, 2.75) is 12.8 Å². The molecule has 2 heteroatoms. The molecule has 0 aromatic heterocycles. The van der Waals surface area contributed by atoms with Gasteiger partial charge in [-0.3, -0.25) is 0 Å². The maximum atomic E-state index is 9.47. The molecule has 1 aliphatic rings. The Hall–Kier alpha value is -1.44. The molecule has 1 aromatic rings. The van der Waals surface area contributed by atoms with E-state index in [1.807, 2.05) is 6.08 Å². The lowest BCUT2D eigenvalue weighted by Gasteiger charge is -2.04. The van der Waals surface area contributed by atoms with Gasteiger partial charge in [-0.25, -0.2) is 0 Å². The molecular weight excluding hydrogens is 152 g/mol. The first-order chi connectivity index (χ1) is 5.77. The van der Waals surface area contributed by atoms with E-state index >= 15 is 0 Å². The number of hydrogen-bond acceptors (Lipinski definition) is 2. The van der Waals surface area contributed by atoms with Gasteiger partial charge in [0.15, 0.2) is 0 Å². The standard InChI is InChI=1S/C10H10O2/c11-8-4-5-9-7(6-8)2-1-3-10(9)12/h2,4-6,11-12H,1,3H2.